The number of piperazine rings is 1. The molecule has 3 rings (SSSR count). The molecule has 0 radical (unpaired) electrons. The van der Waals surface area contributed by atoms with Crippen LogP contribution in [0, 0.1) is 0 Å². The van der Waals surface area contributed by atoms with Gasteiger partial charge in [-0.25, -0.2) is 0 Å². The van der Waals surface area contributed by atoms with Crippen molar-refractivity contribution in [3.63, 3.8) is 0 Å². The lowest BCUT2D eigenvalue weighted by Crippen LogP contribution is -2.49. The van der Waals surface area contributed by atoms with Gasteiger partial charge in [0, 0.05) is 38.4 Å². The third kappa shape index (κ3) is 5.46. The van der Waals surface area contributed by atoms with E-state index in [9.17, 15) is 5.11 Å². The van der Waals surface area contributed by atoms with Crippen LogP contribution in [0.2, 0.25) is 0 Å². The molecule has 1 aliphatic rings. The summed E-state index contributed by atoms with van der Waals surface area (Å²) in [6.45, 7) is 5.37. The summed E-state index contributed by atoms with van der Waals surface area (Å²) < 4.78 is 10.9. The minimum absolute atomic E-state index is 0.343. The molecule has 1 unspecified atom stereocenters. The zero-order chi connectivity index (χ0) is 18.2. The van der Waals surface area contributed by atoms with Crippen LogP contribution in [-0.2, 0) is 11.3 Å². The number of aliphatic hydroxyl groups excluding tert-OH is 1. The van der Waals surface area contributed by atoms with E-state index in [0.717, 1.165) is 37.5 Å². The van der Waals surface area contributed by atoms with Gasteiger partial charge in [-0.05, 0) is 29.8 Å². The Morgan fingerprint density at radius 1 is 1.00 bits per heavy atom. The van der Waals surface area contributed by atoms with Crippen LogP contribution in [0.15, 0.2) is 54.6 Å². The van der Waals surface area contributed by atoms with Crippen LogP contribution in [0.1, 0.15) is 5.56 Å². The molecular weight excluding hydrogens is 328 g/mol. The van der Waals surface area contributed by atoms with E-state index >= 15 is 0 Å². The zero-order valence-corrected chi connectivity index (χ0v) is 15.4. The van der Waals surface area contributed by atoms with Crippen molar-refractivity contribution in [2.45, 2.75) is 12.7 Å². The Morgan fingerprint density at radius 3 is 2.50 bits per heavy atom. The van der Waals surface area contributed by atoms with Crippen molar-refractivity contribution in [3.8, 4) is 5.75 Å². The minimum atomic E-state index is -0.469. The number of para-hydroxylation sites is 1. The Bertz CT molecular complexity index is 657. The molecule has 26 heavy (non-hydrogen) atoms. The van der Waals surface area contributed by atoms with Crippen LogP contribution in [0.4, 0.5) is 5.69 Å². The molecule has 5 nitrogen and oxygen atoms in total. The molecule has 0 aromatic heterocycles. The number of nitrogens with zero attached hydrogens (tertiary/aromatic N) is 2. The van der Waals surface area contributed by atoms with Crippen molar-refractivity contribution in [2.24, 2.45) is 0 Å². The van der Waals surface area contributed by atoms with Gasteiger partial charge in [0.15, 0.2) is 0 Å². The second kappa shape index (κ2) is 9.57. The first-order chi connectivity index (χ1) is 12.7. The van der Waals surface area contributed by atoms with Gasteiger partial charge in [0.05, 0.1) is 26.4 Å². The number of methoxy groups -OCH3 is 1. The summed E-state index contributed by atoms with van der Waals surface area (Å²) in [5.74, 6) is 0.822. The number of anilines is 1. The van der Waals surface area contributed by atoms with Crippen LogP contribution in [0.25, 0.3) is 0 Å². The first-order valence-electron chi connectivity index (χ1n) is 9.15. The number of β-amino-alcohol motifs (C(OH)–C–C–N with tert-alkyl or cyclic N) is 1. The highest BCUT2D eigenvalue weighted by molar-refractivity contribution is 5.46. The van der Waals surface area contributed by atoms with Crippen molar-refractivity contribution >= 4 is 5.69 Å². The number of ether oxygens (including phenoxy) is 2. The number of hydrogen-bond donors (Lipinski definition) is 1. The van der Waals surface area contributed by atoms with Crippen LogP contribution >= 0.6 is 0 Å². The number of rotatable bonds is 8. The molecule has 1 heterocycles. The van der Waals surface area contributed by atoms with E-state index in [2.05, 4.69) is 34.1 Å². The van der Waals surface area contributed by atoms with Gasteiger partial charge in [-0.1, -0.05) is 30.3 Å². The van der Waals surface area contributed by atoms with Gasteiger partial charge in [-0.15, -0.1) is 0 Å². The first-order valence-corrected chi connectivity index (χ1v) is 9.15. The molecule has 140 valence electrons. The Kier molecular flexibility index (Phi) is 6.89. The van der Waals surface area contributed by atoms with Gasteiger partial charge >= 0.3 is 0 Å². The molecular formula is C21H28N2O3. The van der Waals surface area contributed by atoms with E-state index in [1.54, 1.807) is 7.11 Å². The van der Waals surface area contributed by atoms with Gasteiger partial charge in [0.25, 0.3) is 0 Å². The van der Waals surface area contributed by atoms with E-state index in [1.165, 1.54) is 5.69 Å². The summed E-state index contributed by atoms with van der Waals surface area (Å²) in [5.41, 5.74) is 2.32. The summed E-state index contributed by atoms with van der Waals surface area (Å²) in [6.07, 6.45) is -0.469. The third-order valence-corrected chi connectivity index (χ3v) is 4.68. The molecule has 1 N–H and O–H groups in total. The predicted octanol–water partition coefficient (Wildman–Crippen LogP) is 2.39. The smallest absolute Gasteiger partial charge is 0.119 e. The van der Waals surface area contributed by atoms with Gasteiger partial charge in [-0.2, -0.15) is 0 Å². The highest BCUT2D eigenvalue weighted by Crippen LogP contribution is 2.16. The molecule has 2 aromatic carbocycles. The topological polar surface area (TPSA) is 45.2 Å². The van der Waals surface area contributed by atoms with Crippen molar-refractivity contribution in [1.29, 1.82) is 0 Å². The first kappa shape index (κ1) is 18.7. The third-order valence-electron chi connectivity index (χ3n) is 4.68. The fraction of sp³-hybridized carbons (Fsp3) is 0.429. The lowest BCUT2D eigenvalue weighted by molar-refractivity contribution is 0.00910. The maximum atomic E-state index is 10.3. The van der Waals surface area contributed by atoms with Crippen LogP contribution < -0.4 is 9.64 Å². The van der Waals surface area contributed by atoms with Gasteiger partial charge < -0.3 is 19.5 Å². The van der Waals surface area contributed by atoms with Crippen molar-refractivity contribution in [2.75, 3.05) is 51.3 Å². The number of hydrogen-bond acceptors (Lipinski definition) is 5. The van der Waals surface area contributed by atoms with Crippen molar-refractivity contribution in [1.82, 2.24) is 4.90 Å². The van der Waals surface area contributed by atoms with E-state index in [1.807, 2.05) is 30.3 Å². The molecule has 0 aliphatic carbocycles. The highest BCUT2D eigenvalue weighted by atomic mass is 16.5. The van der Waals surface area contributed by atoms with E-state index in [-0.39, 0.29) is 0 Å². The average molecular weight is 356 g/mol. The Balaban J connectivity index is 1.36. The predicted molar refractivity (Wildman–Crippen MR) is 104 cm³/mol. The number of benzene rings is 2. The molecule has 1 aliphatic heterocycles. The molecule has 1 fully saturated rings. The molecule has 2 aromatic rings. The standard InChI is InChI=1S/C21H28N2O3/c1-25-21-9-5-6-18(14-21)16-26-17-20(24)15-22-10-12-23(13-11-22)19-7-3-2-4-8-19/h2-9,14,20,24H,10-13,15-17H2,1H3. The normalized spacial score (nSPS) is 16.5. The maximum Gasteiger partial charge on any atom is 0.119 e. The second-order valence-electron chi connectivity index (χ2n) is 6.64. The average Bonchev–Trinajstić information content (AvgIpc) is 2.69. The molecule has 0 bridgehead atoms. The summed E-state index contributed by atoms with van der Waals surface area (Å²) in [6, 6.07) is 18.3. The summed E-state index contributed by atoms with van der Waals surface area (Å²) in [5, 5.41) is 10.3. The molecule has 5 heteroatoms. The van der Waals surface area contributed by atoms with Gasteiger partial charge in [-0.3, -0.25) is 4.90 Å². The minimum Gasteiger partial charge on any atom is -0.497 e. The van der Waals surface area contributed by atoms with Gasteiger partial charge in [0.2, 0.25) is 0 Å². The Hall–Kier alpha value is -2.08. The fourth-order valence-corrected chi connectivity index (χ4v) is 3.25. The summed E-state index contributed by atoms with van der Waals surface area (Å²) >= 11 is 0. The highest BCUT2D eigenvalue weighted by Gasteiger charge is 2.19. The Labute approximate surface area is 155 Å². The fourth-order valence-electron chi connectivity index (χ4n) is 3.25. The molecule has 0 saturated carbocycles. The lowest BCUT2D eigenvalue weighted by atomic mass is 10.2. The van der Waals surface area contributed by atoms with E-state index < -0.39 is 6.10 Å². The molecule has 1 atom stereocenters. The lowest BCUT2D eigenvalue weighted by Gasteiger charge is -2.36. The summed E-state index contributed by atoms with van der Waals surface area (Å²) in [4.78, 5) is 4.70. The molecule has 1 saturated heterocycles. The van der Waals surface area contributed by atoms with Crippen molar-refractivity contribution in [3.05, 3.63) is 60.2 Å². The Morgan fingerprint density at radius 2 is 1.77 bits per heavy atom. The summed E-state index contributed by atoms with van der Waals surface area (Å²) in [7, 11) is 1.65. The second-order valence-corrected chi connectivity index (χ2v) is 6.64. The monoisotopic (exact) mass is 356 g/mol. The molecule has 0 spiro atoms. The quantitative estimate of drug-likeness (QED) is 0.787. The SMILES string of the molecule is COc1cccc(COCC(O)CN2CCN(c3ccccc3)CC2)c1. The largest absolute Gasteiger partial charge is 0.497 e. The van der Waals surface area contributed by atoms with Crippen LogP contribution in [-0.4, -0.2) is 62.6 Å². The molecule has 0 amide bonds. The number of aliphatic hydroxyl groups is 1. The van der Waals surface area contributed by atoms with Gasteiger partial charge in [0.1, 0.15) is 5.75 Å². The van der Waals surface area contributed by atoms with Crippen LogP contribution in [0.5, 0.6) is 5.75 Å². The van der Waals surface area contributed by atoms with Crippen LogP contribution in [0.3, 0.4) is 0 Å². The zero-order valence-electron chi connectivity index (χ0n) is 15.4. The van der Waals surface area contributed by atoms with E-state index in [0.29, 0.717) is 19.8 Å². The van der Waals surface area contributed by atoms with Crippen molar-refractivity contribution < 1.29 is 14.6 Å². The maximum absolute atomic E-state index is 10.3. The van der Waals surface area contributed by atoms with E-state index in [4.69, 9.17) is 9.47 Å².